The Balaban J connectivity index is 1.55. The molecule has 1 aliphatic heterocycles. The van der Waals surface area contributed by atoms with Crippen molar-refractivity contribution in [2.75, 3.05) is 11.4 Å². The minimum Gasteiger partial charge on any atom is -0.348 e. The van der Waals surface area contributed by atoms with Crippen molar-refractivity contribution in [2.45, 2.75) is 37.6 Å². The predicted octanol–water partition coefficient (Wildman–Crippen LogP) is 3.56. The number of aromatic nitrogens is 1. The van der Waals surface area contributed by atoms with Crippen molar-refractivity contribution in [1.29, 1.82) is 0 Å². The molecule has 2 aliphatic rings. The lowest BCUT2D eigenvalue weighted by molar-refractivity contribution is -0.140. The first kappa shape index (κ1) is 19.4. The van der Waals surface area contributed by atoms with Crippen molar-refractivity contribution < 1.29 is 22.8 Å². The first-order chi connectivity index (χ1) is 13.8. The van der Waals surface area contributed by atoms with Crippen molar-refractivity contribution in [3.63, 3.8) is 0 Å². The van der Waals surface area contributed by atoms with Gasteiger partial charge in [0.2, 0.25) is 5.91 Å². The molecule has 29 heavy (non-hydrogen) atoms. The van der Waals surface area contributed by atoms with Gasteiger partial charge in [0.25, 0.3) is 11.8 Å². The van der Waals surface area contributed by atoms with Gasteiger partial charge in [-0.3, -0.25) is 14.6 Å². The average molecular weight is 403 g/mol. The van der Waals surface area contributed by atoms with Crippen LogP contribution in [0.1, 0.15) is 36.2 Å². The quantitative estimate of drug-likeness (QED) is 0.853. The zero-order valence-electron chi connectivity index (χ0n) is 15.6. The number of nitrogens with one attached hydrogen (secondary N) is 1. The number of hydrogen-bond acceptors (Lipinski definition) is 3. The Morgan fingerprint density at radius 2 is 2.00 bits per heavy atom. The Bertz CT molecular complexity index is 938. The Labute approximate surface area is 165 Å². The molecule has 1 aromatic heterocycles. The third-order valence-corrected chi connectivity index (χ3v) is 5.64. The van der Waals surface area contributed by atoms with Crippen LogP contribution in [0.25, 0.3) is 0 Å². The zero-order chi connectivity index (χ0) is 20.6. The van der Waals surface area contributed by atoms with Gasteiger partial charge in [0.15, 0.2) is 0 Å². The highest BCUT2D eigenvalue weighted by Crippen LogP contribution is 2.51. The van der Waals surface area contributed by atoms with Crippen molar-refractivity contribution in [1.82, 2.24) is 10.3 Å². The molecule has 1 spiro atoms. The maximum absolute atomic E-state index is 14.6. The fourth-order valence-electron chi connectivity index (χ4n) is 4.47. The zero-order valence-corrected chi connectivity index (χ0v) is 15.6. The molecule has 1 saturated heterocycles. The number of rotatable bonds is 3. The molecule has 2 heterocycles. The first-order valence-corrected chi connectivity index (χ1v) is 9.45. The van der Waals surface area contributed by atoms with Crippen molar-refractivity contribution in [3.05, 3.63) is 60.2 Å². The second kappa shape index (κ2) is 7.17. The number of halogens is 3. The van der Waals surface area contributed by atoms with Crippen LogP contribution in [0.4, 0.5) is 18.9 Å². The maximum Gasteiger partial charge on any atom is 0.270 e. The van der Waals surface area contributed by atoms with E-state index in [1.54, 1.807) is 18.2 Å². The Kier molecular flexibility index (Phi) is 4.80. The number of anilines is 1. The molecule has 2 amide bonds. The largest absolute Gasteiger partial charge is 0.348 e. The number of amides is 2. The molecule has 5 nitrogen and oxygen atoms in total. The van der Waals surface area contributed by atoms with E-state index in [4.69, 9.17) is 0 Å². The standard InChI is InChI=1S/C21H20F3N3O2/c22-14-4-3-5-16(10-14)27-9-7-20(19(27)29)11-15(12-21(23,24)13-20)26-18(28)17-6-1-2-8-25-17/h1-6,8,10,15H,7,9,11-13H2,(H,26,28)/t15-,20-/m1/s1. The minimum absolute atomic E-state index is 0.117. The van der Waals surface area contributed by atoms with Crippen LogP contribution >= 0.6 is 0 Å². The van der Waals surface area contributed by atoms with Crippen LogP contribution in [0.2, 0.25) is 0 Å². The number of hydrogen-bond donors (Lipinski definition) is 1. The number of alkyl halides is 2. The lowest BCUT2D eigenvalue weighted by Gasteiger charge is -2.41. The minimum atomic E-state index is -3.09. The Morgan fingerprint density at radius 1 is 1.17 bits per heavy atom. The highest BCUT2D eigenvalue weighted by atomic mass is 19.3. The fraction of sp³-hybridized carbons (Fsp3) is 0.381. The number of benzene rings is 1. The Hall–Kier alpha value is -2.90. The summed E-state index contributed by atoms with van der Waals surface area (Å²) in [7, 11) is 0. The molecule has 1 aromatic carbocycles. The van der Waals surface area contributed by atoms with Gasteiger partial charge >= 0.3 is 0 Å². The predicted molar refractivity (Wildman–Crippen MR) is 100 cm³/mol. The molecule has 0 unspecified atom stereocenters. The van der Waals surface area contributed by atoms with Crippen LogP contribution in [-0.2, 0) is 4.79 Å². The maximum atomic E-state index is 14.6. The van der Waals surface area contributed by atoms with Gasteiger partial charge in [-0.1, -0.05) is 12.1 Å². The summed E-state index contributed by atoms with van der Waals surface area (Å²) >= 11 is 0. The summed E-state index contributed by atoms with van der Waals surface area (Å²) in [5, 5.41) is 2.61. The van der Waals surface area contributed by atoms with Crippen LogP contribution in [0.5, 0.6) is 0 Å². The topological polar surface area (TPSA) is 62.3 Å². The van der Waals surface area contributed by atoms with E-state index < -0.39 is 47.9 Å². The van der Waals surface area contributed by atoms with Gasteiger partial charge in [-0.15, -0.1) is 0 Å². The number of carbonyl (C=O) groups excluding carboxylic acids is 2. The molecule has 2 fully saturated rings. The lowest BCUT2D eigenvalue weighted by Crippen LogP contribution is -2.52. The number of nitrogens with zero attached hydrogens (tertiary/aromatic N) is 2. The van der Waals surface area contributed by atoms with Gasteiger partial charge in [-0.2, -0.15) is 0 Å². The molecule has 1 saturated carbocycles. The van der Waals surface area contributed by atoms with Gasteiger partial charge in [0, 0.05) is 37.3 Å². The summed E-state index contributed by atoms with van der Waals surface area (Å²) in [6.07, 6.45) is 0.699. The third-order valence-electron chi connectivity index (χ3n) is 5.64. The van der Waals surface area contributed by atoms with Gasteiger partial charge in [-0.25, -0.2) is 13.2 Å². The monoisotopic (exact) mass is 403 g/mol. The average Bonchev–Trinajstić information content (AvgIpc) is 2.96. The molecule has 0 bridgehead atoms. The first-order valence-electron chi connectivity index (χ1n) is 9.45. The van der Waals surface area contributed by atoms with E-state index in [2.05, 4.69) is 10.3 Å². The van der Waals surface area contributed by atoms with E-state index in [1.165, 1.54) is 35.4 Å². The normalized spacial score (nSPS) is 26.0. The molecule has 1 aliphatic carbocycles. The van der Waals surface area contributed by atoms with Gasteiger partial charge in [0.05, 0.1) is 5.41 Å². The van der Waals surface area contributed by atoms with Crippen LogP contribution in [0, 0.1) is 11.2 Å². The van der Waals surface area contributed by atoms with E-state index in [0.717, 1.165) is 0 Å². The van der Waals surface area contributed by atoms with Gasteiger partial charge in [0.1, 0.15) is 11.5 Å². The van der Waals surface area contributed by atoms with E-state index >= 15 is 0 Å². The highest BCUT2D eigenvalue weighted by molar-refractivity contribution is 6.00. The van der Waals surface area contributed by atoms with Crippen molar-refractivity contribution >= 4 is 17.5 Å². The van der Waals surface area contributed by atoms with Gasteiger partial charge < -0.3 is 10.2 Å². The second-order valence-corrected chi connectivity index (χ2v) is 7.79. The molecule has 4 rings (SSSR count). The lowest BCUT2D eigenvalue weighted by atomic mass is 9.69. The van der Waals surface area contributed by atoms with Crippen molar-refractivity contribution in [3.8, 4) is 0 Å². The summed E-state index contributed by atoms with van der Waals surface area (Å²) in [5.41, 5.74) is -0.791. The highest BCUT2D eigenvalue weighted by Gasteiger charge is 2.57. The summed E-state index contributed by atoms with van der Waals surface area (Å²) in [6, 6.07) is 9.48. The van der Waals surface area contributed by atoms with E-state index in [-0.39, 0.29) is 25.1 Å². The third kappa shape index (κ3) is 3.83. The fourth-order valence-corrected chi connectivity index (χ4v) is 4.47. The van der Waals surface area contributed by atoms with E-state index in [9.17, 15) is 22.8 Å². The second-order valence-electron chi connectivity index (χ2n) is 7.79. The van der Waals surface area contributed by atoms with Crippen LogP contribution in [0.15, 0.2) is 48.7 Å². The SMILES string of the molecule is O=C(N[C@H]1CC(F)(F)C[C@@]2(CCN(c3cccc(F)c3)C2=O)C1)c1ccccn1. The summed E-state index contributed by atoms with van der Waals surface area (Å²) in [4.78, 5) is 30.8. The van der Waals surface area contributed by atoms with Crippen LogP contribution in [-0.4, -0.2) is 35.3 Å². The van der Waals surface area contributed by atoms with Crippen molar-refractivity contribution in [2.24, 2.45) is 5.41 Å². The number of carbonyl (C=O) groups is 2. The summed E-state index contributed by atoms with van der Waals surface area (Å²) in [6.45, 7) is 0.235. The number of pyridine rings is 1. The van der Waals surface area contributed by atoms with Crippen LogP contribution in [0.3, 0.4) is 0 Å². The summed E-state index contributed by atoms with van der Waals surface area (Å²) in [5.74, 6) is -4.57. The molecular formula is C21H20F3N3O2. The molecule has 2 atom stereocenters. The van der Waals surface area contributed by atoms with Crippen LogP contribution < -0.4 is 10.2 Å². The molecule has 8 heteroatoms. The Morgan fingerprint density at radius 3 is 2.72 bits per heavy atom. The van der Waals surface area contributed by atoms with Gasteiger partial charge in [-0.05, 0) is 43.2 Å². The molecule has 0 radical (unpaired) electrons. The smallest absolute Gasteiger partial charge is 0.270 e. The molecular weight excluding hydrogens is 383 g/mol. The molecule has 152 valence electrons. The molecule has 1 N–H and O–H groups in total. The summed E-state index contributed by atoms with van der Waals surface area (Å²) < 4.78 is 42.7. The molecule has 2 aromatic rings. The van der Waals surface area contributed by atoms with E-state index in [0.29, 0.717) is 5.69 Å². The van der Waals surface area contributed by atoms with E-state index in [1.807, 2.05) is 0 Å².